The minimum atomic E-state index is -0.681. The fourth-order valence-corrected chi connectivity index (χ4v) is 3.87. The van der Waals surface area contributed by atoms with E-state index in [0.717, 1.165) is 42.6 Å². The van der Waals surface area contributed by atoms with Gasteiger partial charge in [0, 0.05) is 11.3 Å². The summed E-state index contributed by atoms with van der Waals surface area (Å²) in [7, 11) is 0. The molecule has 1 aliphatic rings. The predicted molar refractivity (Wildman–Crippen MR) is 102 cm³/mol. The number of nitrogens with one attached hydrogen (secondary N) is 2. The number of hydrogen-bond donors (Lipinski definition) is 2. The third kappa shape index (κ3) is 3.35. The van der Waals surface area contributed by atoms with Crippen molar-refractivity contribution in [3.8, 4) is 11.4 Å². The second kappa shape index (κ2) is 6.95. The third-order valence-electron chi connectivity index (χ3n) is 5.24. The molecule has 1 amide bonds. The molecule has 0 aliphatic heterocycles. The number of anilines is 1. The molecule has 6 heteroatoms. The maximum atomic E-state index is 13.8. The zero-order valence-corrected chi connectivity index (χ0v) is 15.1. The molecular weight excluding hydrogens is 343 g/mol. The van der Waals surface area contributed by atoms with Gasteiger partial charge < -0.3 is 5.32 Å². The van der Waals surface area contributed by atoms with Crippen LogP contribution in [0.3, 0.4) is 0 Å². The average Bonchev–Trinajstić information content (AvgIpc) is 3.32. The highest BCUT2D eigenvalue weighted by Crippen LogP contribution is 2.42. The topological polar surface area (TPSA) is 70.7 Å². The molecule has 1 heterocycles. The first kappa shape index (κ1) is 17.4. The lowest BCUT2D eigenvalue weighted by molar-refractivity contribution is -0.121. The summed E-state index contributed by atoms with van der Waals surface area (Å²) in [6.45, 7) is 1.84. The Kier molecular flexibility index (Phi) is 4.48. The standard InChI is InChI=1S/C21H21FN4O/c1-14-23-19(26-25-14)15-6-4-9-18(12-15)24-20(27)21(10-2-3-11-21)16-7-5-8-17(22)13-16/h4-9,12-13H,2-3,10-11H2,1H3,(H,24,27)(H,23,25,26). The van der Waals surface area contributed by atoms with Crippen molar-refractivity contribution < 1.29 is 9.18 Å². The van der Waals surface area contributed by atoms with Gasteiger partial charge in [0.2, 0.25) is 5.91 Å². The maximum absolute atomic E-state index is 13.8. The lowest BCUT2D eigenvalue weighted by atomic mass is 9.78. The quantitative estimate of drug-likeness (QED) is 0.722. The lowest BCUT2D eigenvalue weighted by Crippen LogP contribution is -2.38. The smallest absolute Gasteiger partial charge is 0.235 e. The van der Waals surface area contributed by atoms with Crippen molar-refractivity contribution in [3.63, 3.8) is 0 Å². The Morgan fingerprint density at radius 2 is 1.93 bits per heavy atom. The first-order valence-corrected chi connectivity index (χ1v) is 9.14. The van der Waals surface area contributed by atoms with E-state index in [1.54, 1.807) is 6.07 Å². The van der Waals surface area contributed by atoms with Gasteiger partial charge in [-0.15, -0.1) is 0 Å². The molecule has 138 valence electrons. The van der Waals surface area contributed by atoms with E-state index in [2.05, 4.69) is 20.5 Å². The second-order valence-electron chi connectivity index (χ2n) is 7.08. The number of aryl methyl sites for hydroxylation is 1. The molecule has 27 heavy (non-hydrogen) atoms. The normalized spacial score (nSPS) is 15.6. The molecule has 5 nitrogen and oxygen atoms in total. The predicted octanol–water partition coefficient (Wildman–Crippen LogP) is 4.37. The number of carbonyl (C=O) groups excluding carboxylic acids is 1. The highest BCUT2D eigenvalue weighted by molar-refractivity contribution is 5.99. The molecule has 1 aromatic heterocycles. The summed E-state index contributed by atoms with van der Waals surface area (Å²) in [4.78, 5) is 17.6. The summed E-state index contributed by atoms with van der Waals surface area (Å²) in [6.07, 6.45) is 3.37. The van der Waals surface area contributed by atoms with Gasteiger partial charge in [0.25, 0.3) is 0 Å². The molecule has 1 saturated carbocycles. The van der Waals surface area contributed by atoms with Crippen LogP contribution in [0.25, 0.3) is 11.4 Å². The maximum Gasteiger partial charge on any atom is 0.235 e. The van der Waals surface area contributed by atoms with E-state index < -0.39 is 5.41 Å². The highest BCUT2D eigenvalue weighted by atomic mass is 19.1. The van der Waals surface area contributed by atoms with Crippen LogP contribution < -0.4 is 5.32 Å². The van der Waals surface area contributed by atoms with Crippen LogP contribution in [0.5, 0.6) is 0 Å². The second-order valence-corrected chi connectivity index (χ2v) is 7.08. The van der Waals surface area contributed by atoms with Crippen LogP contribution in [0.2, 0.25) is 0 Å². The average molecular weight is 364 g/mol. The number of aromatic nitrogens is 3. The van der Waals surface area contributed by atoms with Crippen LogP contribution in [0.1, 0.15) is 37.1 Å². The molecule has 0 spiro atoms. The van der Waals surface area contributed by atoms with Crippen LogP contribution in [-0.4, -0.2) is 21.1 Å². The number of rotatable bonds is 4. The Labute approximate surface area is 157 Å². The Hall–Kier alpha value is -3.02. The monoisotopic (exact) mass is 364 g/mol. The fraction of sp³-hybridized carbons (Fsp3) is 0.286. The molecule has 0 atom stereocenters. The van der Waals surface area contributed by atoms with Gasteiger partial charge in [0.05, 0.1) is 5.41 Å². The summed E-state index contributed by atoms with van der Waals surface area (Å²) in [6, 6.07) is 13.9. The zero-order chi connectivity index (χ0) is 18.9. The van der Waals surface area contributed by atoms with Crippen molar-refractivity contribution in [2.75, 3.05) is 5.32 Å². The molecule has 1 fully saturated rings. The van der Waals surface area contributed by atoms with E-state index in [1.165, 1.54) is 12.1 Å². The number of benzene rings is 2. The molecule has 0 unspecified atom stereocenters. The van der Waals surface area contributed by atoms with Gasteiger partial charge in [0.15, 0.2) is 5.82 Å². The number of amides is 1. The number of H-pyrrole nitrogens is 1. The van der Waals surface area contributed by atoms with E-state index in [4.69, 9.17) is 0 Å². The van der Waals surface area contributed by atoms with Crippen LogP contribution in [0.4, 0.5) is 10.1 Å². The number of aromatic amines is 1. The molecule has 4 rings (SSSR count). The van der Waals surface area contributed by atoms with Crippen LogP contribution >= 0.6 is 0 Å². The van der Waals surface area contributed by atoms with E-state index in [0.29, 0.717) is 11.5 Å². The molecular formula is C21H21FN4O. The number of hydrogen-bond acceptors (Lipinski definition) is 3. The van der Waals surface area contributed by atoms with Crippen LogP contribution in [0.15, 0.2) is 48.5 Å². The Bertz CT molecular complexity index is 976. The van der Waals surface area contributed by atoms with Crippen molar-refractivity contribution in [2.24, 2.45) is 0 Å². The Morgan fingerprint density at radius 3 is 2.63 bits per heavy atom. The molecule has 0 radical (unpaired) electrons. The van der Waals surface area contributed by atoms with Gasteiger partial charge in [0.1, 0.15) is 11.6 Å². The zero-order valence-electron chi connectivity index (χ0n) is 15.1. The summed E-state index contributed by atoms with van der Waals surface area (Å²) >= 11 is 0. The van der Waals surface area contributed by atoms with Gasteiger partial charge >= 0.3 is 0 Å². The fourth-order valence-electron chi connectivity index (χ4n) is 3.87. The lowest BCUT2D eigenvalue weighted by Gasteiger charge is -2.28. The first-order chi connectivity index (χ1) is 13.1. The third-order valence-corrected chi connectivity index (χ3v) is 5.24. The van der Waals surface area contributed by atoms with Crippen molar-refractivity contribution >= 4 is 11.6 Å². The number of halogens is 1. The Morgan fingerprint density at radius 1 is 1.15 bits per heavy atom. The molecule has 1 aliphatic carbocycles. The van der Waals surface area contributed by atoms with Gasteiger partial charge in [-0.2, -0.15) is 5.10 Å². The minimum Gasteiger partial charge on any atom is -0.325 e. The first-order valence-electron chi connectivity index (χ1n) is 9.14. The Balaban J connectivity index is 1.62. The molecule has 0 bridgehead atoms. The van der Waals surface area contributed by atoms with Crippen LogP contribution in [0, 0.1) is 12.7 Å². The van der Waals surface area contributed by atoms with Crippen molar-refractivity contribution in [2.45, 2.75) is 38.0 Å². The van der Waals surface area contributed by atoms with E-state index in [-0.39, 0.29) is 11.7 Å². The minimum absolute atomic E-state index is 0.0890. The largest absolute Gasteiger partial charge is 0.325 e. The van der Waals surface area contributed by atoms with Crippen LogP contribution in [-0.2, 0) is 10.2 Å². The van der Waals surface area contributed by atoms with Crippen molar-refractivity contribution in [1.82, 2.24) is 15.2 Å². The summed E-state index contributed by atoms with van der Waals surface area (Å²) < 4.78 is 13.8. The number of nitrogens with zero attached hydrogens (tertiary/aromatic N) is 2. The van der Waals surface area contributed by atoms with E-state index in [1.807, 2.05) is 37.3 Å². The number of carbonyl (C=O) groups is 1. The van der Waals surface area contributed by atoms with Gasteiger partial charge in [-0.3, -0.25) is 9.89 Å². The van der Waals surface area contributed by atoms with Crippen molar-refractivity contribution in [3.05, 3.63) is 65.7 Å². The van der Waals surface area contributed by atoms with E-state index >= 15 is 0 Å². The van der Waals surface area contributed by atoms with Gasteiger partial charge in [-0.1, -0.05) is 37.1 Å². The summed E-state index contributed by atoms with van der Waals surface area (Å²) in [5.41, 5.74) is 1.57. The molecule has 3 aromatic rings. The summed E-state index contributed by atoms with van der Waals surface area (Å²) in [5.74, 6) is 0.919. The van der Waals surface area contributed by atoms with Gasteiger partial charge in [-0.05, 0) is 49.6 Å². The highest BCUT2D eigenvalue weighted by Gasteiger charge is 2.42. The van der Waals surface area contributed by atoms with Crippen molar-refractivity contribution in [1.29, 1.82) is 0 Å². The van der Waals surface area contributed by atoms with Gasteiger partial charge in [-0.25, -0.2) is 9.37 Å². The summed E-state index contributed by atoms with van der Waals surface area (Å²) in [5, 5.41) is 10.0. The SMILES string of the molecule is Cc1nc(-c2cccc(NC(=O)C3(c4cccc(F)c4)CCCC3)c2)n[nH]1. The molecule has 0 saturated heterocycles. The molecule has 2 aromatic carbocycles. The van der Waals surface area contributed by atoms with E-state index in [9.17, 15) is 9.18 Å². The molecule has 2 N–H and O–H groups in total.